The standard InChI is InChI=1S/C14H26O6Si/c1-5-12(9-11-10-13(15)20-14(11)16)21(17-6-2,18-7-3)19-8-4/h11-12H,5-10H2,1-4H3. The van der Waals surface area contributed by atoms with Crippen LogP contribution in [0.3, 0.4) is 0 Å². The second-order valence-corrected chi connectivity index (χ2v) is 7.83. The fourth-order valence-corrected chi connectivity index (χ4v) is 5.93. The largest absolute Gasteiger partial charge is 0.504 e. The van der Waals surface area contributed by atoms with E-state index in [0.717, 1.165) is 6.42 Å². The summed E-state index contributed by atoms with van der Waals surface area (Å²) < 4.78 is 22.3. The van der Waals surface area contributed by atoms with Gasteiger partial charge in [0.25, 0.3) is 0 Å². The van der Waals surface area contributed by atoms with Crippen LogP contribution in [-0.2, 0) is 27.6 Å². The first kappa shape index (κ1) is 18.3. The van der Waals surface area contributed by atoms with Gasteiger partial charge in [-0.2, -0.15) is 0 Å². The number of esters is 2. The van der Waals surface area contributed by atoms with Crippen molar-refractivity contribution >= 4 is 20.7 Å². The number of carbonyl (C=O) groups excluding carboxylic acids is 2. The van der Waals surface area contributed by atoms with Crippen LogP contribution in [0.4, 0.5) is 0 Å². The third-order valence-electron chi connectivity index (χ3n) is 3.56. The Morgan fingerprint density at radius 1 is 1.10 bits per heavy atom. The summed E-state index contributed by atoms with van der Waals surface area (Å²) in [6, 6.07) is 0. The molecule has 7 heteroatoms. The van der Waals surface area contributed by atoms with Crippen LogP contribution in [0.15, 0.2) is 0 Å². The normalized spacial score (nSPS) is 20.7. The fourth-order valence-electron chi connectivity index (χ4n) is 2.69. The fraction of sp³-hybridized carbons (Fsp3) is 0.857. The van der Waals surface area contributed by atoms with Crippen molar-refractivity contribution in [1.82, 2.24) is 0 Å². The number of carbonyl (C=O) groups is 2. The van der Waals surface area contributed by atoms with E-state index in [-0.39, 0.29) is 12.0 Å². The molecule has 0 aromatic rings. The first-order chi connectivity index (χ1) is 10.0. The molecule has 1 fully saturated rings. The van der Waals surface area contributed by atoms with Gasteiger partial charge < -0.3 is 18.0 Å². The third-order valence-corrected chi connectivity index (χ3v) is 7.28. The Morgan fingerprint density at radius 3 is 1.95 bits per heavy atom. The van der Waals surface area contributed by atoms with Crippen LogP contribution >= 0.6 is 0 Å². The summed E-state index contributed by atoms with van der Waals surface area (Å²) in [5.41, 5.74) is -0.0131. The van der Waals surface area contributed by atoms with Gasteiger partial charge >= 0.3 is 20.7 Å². The smallest absolute Gasteiger partial charge is 0.393 e. The molecule has 0 spiro atoms. The topological polar surface area (TPSA) is 71.1 Å². The predicted molar refractivity (Wildman–Crippen MR) is 78.5 cm³/mol. The minimum absolute atomic E-state index is 0.0131. The minimum Gasteiger partial charge on any atom is -0.393 e. The van der Waals surface area contributed by atoms with E-state index in [2.05, 4.69) is 4.74 Å². The molecular weight excluding hydrogens is 292 g/mol. The van der Waals surface area contributed by atoms with Crippen LogP contribution in [0.5, 0.6) is 0 Å². The zero-order chi connectivity index (χ0) is 15.9. The molecule has 122 valence electrons. The highest BCUT2D eigenvalue weighted by atomic mass is 28.4. The van der Waals surface area contributed by atoms with Gasteiger partial charge in [-0.25, -0.2) is 0 Å². The van der Waals surface area contributed by atoms with Crippen molar-refractivity contribution in [1.29, 1.82) is 0 Å². The van der Waals surface area contributed by atoms with Crippen molar-refractivity contribution < 1.29 is 27.6 Å². The highest BCUT2D eigenvalue weighted by Gasteiger charge is 2.50. The highest BCUT2D eigenvalue weighted by molar-refractivity contribution is 6.62. The van der Waals surface area contributed by atoms with Crippen molar-refractivity contribution in [3.05, 3.63) is 0 Å². The molecule has 6 nitrogen and oxygen atoms in total. The summed E-state index contributed by atoms with van der Waals surface area (Å²) in [6.45, 7) is 9.22. The van der Waals surface area contributed by atoms with Crippen molar-refractivity contribution in [3.8, 4) is 0 Å². The Hall–Kier alpha value is -0.763. The molecule has 0 saturated carbocycles. The Labute approximate surface area is 127 Å². The van der Waals surface area contributed by atoms with E-state index >= 15 is 0 Å². The first-order valence-corrected chi connectivity index (χ1v) is 9.49. The molecule has 2 unspecified atom stereocenters. The van der Waals surface area contributed by atoms with Gasteiger partial charge in [0.05, 0.1) is 12.3 Å². The van der Waals surface area contributed by atoms with E-state index < -0.39 is 26.7 Å². The van der Waals surface area contributed by atoms with Gasteiger partial charge in [0, 0.05) is 25.4 Å². The quantitative estimate of drug-likeness (QED) is 0.350. The number of ether oxygens (including phenoxy) is 1. The number of rotatable bonds is 10. The molecule has 1 rings (SSSR count). The summed E-state index contributed by atoms with van der Waals surface area (Å²) in [5, 5.41) is 0. The predicted octanol–water partition coefficient (Wildman–Crippen LogP) is 2.29. The summed E-state index contributed by atoms with van der Waals surface area (Å²) in [4.78, 5) is 22.9. The first-order valence-electron chi connectivity index (χ1n) is 7.69. The van der Waals surface area contributed by atoms with Crippen LogP contribution in [-0.4, -0.2) is 40.6 Å². The van der Waals surface area contributed by atoms with E-state index in [4.69, 9.17) is 13.3 Å². The van der Waals surface area contributed by atoms with E-state index in [1.807, 2.05) is 27.7 Å². The lowest BCUT2D eigenvalue weighted by Crippen LogP contribution is -2.51. The van der Waals surface area contributed by atoms with Crippen LogP contribution < -0.4 is 0 Å². The van der Waals surface area contributed by atoms with Crippen LogP contribution in [0.25, 0.3) is 0 Å². The van der Waals surface area contributed by atoms with Crippen molar-refractivity contribution in [3.63, 3.8) is 0 Å². The summed E-state index contributed by atoms with van der Waals surface area (Å²) >= 11 is 0. The average molecular weight is 318 g/mol. The van der Waals surface area contributed by atoms with Crippen LogP contribution in [0.1, 0.15) is 47.0 Å². The van der Waals surface area contributed by atoms with Crippen molar-refractivity contribution in [2.75, 3.05) is 19.8 Å². The van der Waals surface area contributed by atoms with Gasteiger partial charge in [-0.05, 0) is 33.6 Å². The van der Waals surface area contributed by atoms with E-state index in [9.17, 15) is 9.59 Å². The van der Waals surface area contributed by atoms with Crippen LogP contribution in [0.2, 0.25) is 5.54 Å². The van der Waals surface area contributed by atoms with E-state index in [1.165, 1.54) is 0 Å². The molecule has 1 aliphatic heterocycles. The summed E-state index contributed by atoms with van der Waals surface area (Å²) in [5.74, 6) is -1.29. The molecule has 0 N–H and O–H groups in total. The van der Waals surface area contributed by atoms with Gasteiger partial charge in [0.1, 0.15) is 0 Å². The molecule has 2 atom stereocenters. The second-order valence-electron chi connectivity index (χ2n) is 4.94. The van der Waals surface area contributed by atoms with Gasteiger partial charge in [-0.3, -0.25) is 9.59 Å². The highest BCUT2D eigenvalue weighted by Crippen LogP contribution is 2.37. The average Bonchev–Trinajstić information content (AvgIpc) is 2.74. The number of hydrogen-bond acceptors (Lipinski definition) is 6. The minimum atomic E-state index is -2.86. The Bertz CT molecular complexity index is 342. The molecule has 0 aromatic heterocycles. The van der Waals surface area contributed by atoms with E-state index in [0.29, 0.717) is 26.2 Å². The van der Waals surface area contributed by atoms with Crippen LogP contribution in [0, 0.1) is 5.92 Å². The molecule has 0 aliphatic carbocycles. The van der Waals surface area contributed by atoms with Crippen molar-refractivity contribution in [2.24, 2.45) is 5.92 Å². The SMILES string of the molecule is CCO[Si](OCC)(OCC)C(CC)CC1CC(=O)OC1=O. The molecule has 21 heavy (non-hydrogen) atoms. The Balaban J connectivity index is 2.89. The number of cyclic esters (lactones) is 2. The van der Waals surface area contributed by atoms with Gasteiger partial charge in [0.2, 0.25) is 0 Å². The Kier molecular flexibility index (Phi) is 7.51. The Morgan fingerprint density at radius 2 is 1.62 bits per heavy atom. The third kappa shape index (κ3) is 4.60. The lowest BCUT2D eigenvalue weighted by Gasteiger charge is -2.35. The summed E-state index contributed by atoms with van der Waals surface area (Å²) in [7, 11) is -2.86. The monoisotopic (exact) mass is 318 g/mol. The van der Waals surface area contributed by atoms with Gasteiger partial charge in [-0.15, -0.1) is 0 Å². The second kappa shape index (κ2) is 8.62. The lowest BCUT2D eigenvalue weighted by atomic mass is 10.0. The molecule has 0 amide bonds. The molecule has 1 saturated heterocycles. The van der Waals surface area contributed by atoms with E-state index in [1.54, 1.807) is 0 Å². The summed E-state index contributed by atoms with van der Waals surface area (Å²) in [6.07, 6.45) is 1.42. The molecular formula is C14H26O6Si. The van der Waals surface area contributed by atoms with Crippen molar-refractivity contribution in [2.45, 2.75) is 52.5 Å². The maximum atomic E-state index is 11.7. The maximum Gasteiger partial charge on any atom is 0.504 e. The number of hydrogen-bond donors (Lipinski definition) is 0. The molecule has 1 aliphatic rings. The lowest BCUT2D eigenvalue weighted by molar-refractivity contribution is -0.153. The maximum absolute atomic E-state index is 11.7. The molecule has 0 radical (unpaired) electrons. The zero-order valence-electron chi connectivity index (χ0n) is 13.3. The molecule has 0 aromatic carbocycles. The molecule has 1 heterocycles. The molecule has 0 bridgehead atoms. The zero-order valence-corrected chi connectivity index (χ0v) is 14.3. The van der Waals surface area contributed by atoms with Gasteiger partial charge in [0.15, 0.2) is 0 Å². The van der Waals surface area contributed by atoms with Gasteiger partial charge in [-0.1, -0.05) is 6.92 Å².